The highest BCUT2D eigenvalue weighted by Crippen LogP contribution is 2.33. The van der Waals surface area contributed by atoms with Crippen LogP contribution in [0, 0.1) is 0 Å². The van der Waals surface area contributed by atoms with E-state index in [1.54, 1.807) is 23.9 Å². The highest BCUT2D eigenvalue weighted by atomic mass is 32.2. The summed E-state index contributed by atoms with van der Waals surface area (Å²) in [6.07, 6.45) is 4.06. The Labute approximate surface area is 189 Å². The second-order valence-electron chi connectivity index (χ2n) is 8.20. The molecule has 3 N–H and O–H groups in total. The Morgan fingerprint density at radius 2 is 1.81 bits per heavy atom. The van der Waals surface area contributed by atoms with Crippen LogP contribution in [0.2, 0.25) is 0 Å². The van der Waals surface area contributed by atoms with Gasteiger partial charge in [-0.25, -0.2) is 9.78 Å². The molecule has 1 aromatic heterocycles. The van der Waals surface area contributed by atoms with Crippen molar-refractivity contribution in [1.82, 2.24) is 25.7 Å². The van der Waals surface area contributed by atoms with E-state index in [2.05, 4.69) is 20.7 Å². The number of imidazole rings is 1. The zero-order chi connectivity index (χ0) is 22.1. The molecule has 32 heavy (non-hydrogen) atoms. The van der Waals surface area contributed by atoms with Gasteiger partial charge in [-0.3, -0.25) is 15.0 Å². The molecule has 1 aliphatic carbocycles. The Morgan fingerprint density at radius 3 is 2.56 bits per heavy atom. The Balaban J connectivity index is 1.20. The SMILES string of the molecule is O=C(NN1C(=O)NC2(CCCCC2)C1=O)c1ccc(CSc2nc3ccccc3[nH]2)cc1. The van der Waals surface area contributed by atoms with Crippen LogP contribution in [0.4, 0.5) is 4.79 Å². The summed E-state index contributed by atoms with van der Waals surface area (Å²) in [7, 11) is 0. The number of hydrogen-bond donors (Lipinski definition) is 3. The highest BCUT2D eigenvalue weighted by molar-refractivity contribution is 7.98. The third-order valence-corrected chi connectivity index (χ3v) is 6.99. The van der Waals surface area contributed by atoms with Crippen molar-refractivity contribution >= 4 is 40.6 Å². The van der Waals surface area contributed by atoms with Gasteiger partial charge < -0.3 is 10.3 Å². The van der Waals surface area contributed by atoms with Crippen LogP contribution in [-0.4, -0.2) is 38.4 Å². The van der Waals surface area contributed by atoms with Gasteiger partial charge in [-0.2, -0.15) is 5.01 Å². The van der Waals surface area contributed by atoms with Crippen molar-refractivity contribution in [3.63, 3.8) is 0 Å². The minimum absolute atomic E-state index is 0.366. The number of carbonyl (C=O) groups is 3. The van der Waals surface area contributed by atoms with Crippen LogP contribution in [0.15, 0.2) is 53.7 Å². The molecular formula is C23H23N5O3S. The van der Waals surface area contributed by atoms with Crippen LogP contribution in [0.25, 0.3) is 11.0 Å². The normalized spacial score (nSPS) is 17.7. The summed E-state index contributed by atoms with van der Waals surface area (Å²) < 4.78 is 0. The lowest BCUT2D eigenvalue weighted by Crippen LogP contribution is -2.50. The van der Waals surface area contributed by atoms with Gasteiger partial charge in [0.15, 0.2) is 5.16 Å². The smallest absolute Gasteiger partial charge is 0.333 e. The summed E-state index contributed by atoms with van der Waals surface area (Å²) in [5.74, 6) is -0.163. The molecule has 8 nitrogen and oxygen atoms in total. The van der Waals surface area contributed by atoms with Crippen LogP contribution in [0.5, 0.6) is 0 Å². The van der Waals surface area contributed by atoms with Gasteiger partial charge in [0.1, 0.15) is 5.54 Å². The fourth-order valence-electron chi connectivity index (χ4n) is 4.28. The van der Waals surface area contributed by atoms with Crippen LogP contribution in [-0.2, 0) is 10.5 Å². The van der Waals surface area contributed by atoms with Gasteiger partial charge in [0, 0.05) is 11.3 Å². The van der Waals surface area contributed by atoms with Gasteiger partial charge >= 0.3 is 6.03 Å². The molecule has 0 radical (unpaired) electrons. The number of hydrogen-bond acceptors (Lipinski definition) is 5. The van der Waals surface area contributed by atoms with Crippen molar-refractivity contribution in [2.24, 2.45) is 0 Å². The molecule has 5 rings (SSSR count). The predicted octanol–water partition coefficient (Wildman–Crippen LogP) is 3.75. The molecule has 0 bridgehead atoms. The molecule has 2 aliphatic rings. The van der Waals surface area contributed by atoms with Crippen LogP contribution in [0.3, 0.4) is 0 Å². The molecule has 1 saturated heterocycles. The third kappa shape index (κ3) is 3.84. The monoisotopic (exact) mass is 449 g/mol. The molecule has 9 heteroatoms. The number of hydrazine groups is 1. The van der Waals surface area contributed by atoms with Gasteiger partial charge in [0.25, 0.3) is 11.8 Å². The molecule has 164 valence electrons. The van der Waals surface area contributed by atoms with Crippen molar-refractivity contribution in [3.8, 4) is 0 Å². The first-order valence-corrected chi connectivity index (χ1v) is 11.7. The fourth-order valence-corrected chi connectivity index (χ4v) is 5.12. The summed E-state index contributed by atoms with van der Waals surface area (Å²) in [4.78, 5) is 45.6. The van der Waals surface area contributed by atoms with Crippen molar-refractivity contribution in [3.05, 3.63) is 59.7 Å². The van der Waals surface area contributed by atoms with Crippen molar-refractivity contribution < 1.29 is 14.4 Å². The number of H-pyrrole nitrogens is 1. The first-order chi connectivity index (χ1) is 15.5. The van der Waals surface area contributed by atoms with E-state index in [1.807, 2.05) is 36.4 Å². The number of nitrogens with one attached hydrogen (secondary N) is 3. The Morgan fingerprint density at radius 1 is 1.06 bits per heavy atom. The van der Waals surface area contributed by atoms with Gasteiger partial charge in [0.2, 0.25) is 0 Å². The van der Waals surface area contributed by atoms with E-state index in [0.717, 1.165) is 46.0 Å². The molecule has 3 aromatic rings. The molecule has 1 aliphatic heterocycles. The molecule has 0 unspecified atom stereocenters. The minimum atomic E-state index is -0.861. The van der Waals surface area contributed by atoms with E-state index >= 15 is 0 Å². The quantitative estimate of drug-likeness (QED) is 0.406. The van der Waals surface area contributed by atoms with E-state index in [-0.39, 0.29) is 5.91 Å². The number of fused-ring (bicyclic) bond motifs is 1. The summed E-state index contributed by atoms with van der Waals surface area (Å²) in [6.45, 7) is 0. The average molecular weight is 450 g/mol. The predicted molar refractivity (Wildman–Crippen MR) is 121 cm³/mol. The fraction of sp³-hybridized carbons (Fsp3) is 0.304. The first-order valence-electron chi connectivity index (χ1n) is 10.7. The molecule has 1 spiro atoms. The molecule has 2 aromatic carbocycles. The molecule has 4 amide bonds. The Hall–Kier alpha value is -3.33. The van der Waals surface area contributed by atoms with Crippen molar-refractivity contribution in [1.29, 1.82) is 0 Å². The molecular weight excluding hydrogens is 426 g/mol. The third-order valence-electron chi connectivity index (χ3n) is 6.04. The number of nitrogens with zero attached hydrogens (tertiary/aromatic N) is 2. The summed E-state index contributed by atoms with van der Waals surface area (Å²) in [5, 5.41) is 4.46. The number of aromatic nitrogens is 2. The molecule has 1 saturated carbocycles. The number of imide groups is 1. The van der Waals surface area contributed by atoms with E-state index < -0.39 is 17.5 Å². The second-order valence-corrected chi connectivity index (χ2v) is 9.16. The summed E-state index contributed by atoms with van der Waals surface area (Å²) in [6, 6.07) is 14.4. The van der Waals surface area contributed by atoms with Crippen LogP contribution < -0.4 is 10.7 Å². The highest BCUT2D eigenvalue weighted by Gasteiger charge is 2.52. The lowest BCUT2D eigenvalue weighted by atomic mass is 9.82. The average Bonchev–Trinajstić information content (AvgIpc) is 3.33. The number of rotatable bonds is 5. The number of benzene rings is 2. The van der Waals surface area contributed by atoms with Gasteiger partial charge in [-0.15, -0.1) is 0 Å². The maximum atomic E-state index is 12.8. The van der Waals surface area contributed by atoms with Crippen LogP contribution >= 0.6 is 11.8 Å². The Kier molecular flexibility index (Phi) is 5.34. The van der Waals surface area contributed by atoms with E-state index in [4.69, 9.17) is 0 Å². The lowest BCUT2D eigenvalue weighted by Gasteiger charge is -2.30. The number of aromatic amines is 1. The number of carbonyl (C=O) groups excluding carboxylic acids is 3. The second kappa shape index (κ2) is 8.31. The maximum absolute atomic E-state index is 12.8. The summed E-state index contributed by atoms with van der Waals surface area (Å²) in [5.41, 5.74) is 4.95. The topological polar surface area (TPSA) is 107 Å². The van der Waals surface area contributed by atoms with Gasteiger partial charge in [-0.1, -0.05) is 55.3 Å². The Bertz CT molecular complexity index is 1150. The molecule has 2 heterocycles. The summed E-state index contributed by atoms with van der Waals surface area (Å²) >= 11 is 1.58. The largest absolute Gasteiger partial charge is 0.344 e. The van der Waals surface area contributed by atoms with Gasteiger partial charge in [-0.05, 0) is 42.7 Å². The van der Waals surface area contributed by atoms with Crippen LogP contribution in [0.1, 0.15) is 48.0 Å². The van der Waals surface area contributed by atoms with E-state index in [1.165, 1.54) is 0 Å². The van der Waals surface area contributed by atoms with E-state index in [0.29, 0.717) is 24.2 Å². The zero-order valence-corrected chi connectivity index (χ0v) is 18.2. The zero-order valence-electron chi connectivity index (χ0n) is 17.4. The minimum Gasteiger partial charge on any atom is -0.333 e. The number of urea groups is 1. The maximum Gasteiger partial charge on any atom is 0.344 e. The number of amides is 4. The van der Waals surface area contributed by atoms with Crippen molar-refractivity contribution in [2.75, 3.05) is 0 Å². The number of para-hydroxylation sites is 2. The van der Waals surface area contributed by atoms with Gasteiger partial charge in [0.05, 0.1) is 11.0 Å². The standard InChI is InChI=1S/C23H23N5O3S/c29-19(27-28-20(30)23(26-22(28)31)12-4-1-5-13-23)16-10-8-15(9-11-16)14-32-21-24-17-6-2-3-7-18(17)25-21/h2-3,6-11H,1,4-5,12-14H2,(H,24,25)(H,26,31)(H,27,29). The van der Waals surface area contributed by atoms with Crippen molar-refractivity contribution in [2.45, 2.75) is 48.6 Å². The molecule has 0 atom stereocenters. The molecule has 2 fully saturated rings. The number of thioether (sulfide) groups is 1. The lowest BCUT2D eigenvalue weighted by molar-refractivity contribution is -0.134. The van der Waals surface area contributed by atoms with E-state index in [9.17, 15) is 14.4 Å². The first kappa shape index (κ1) is 20.6.